The number of benzene rings is 1. The van der Waals surface area contributed by atoms with E-state index < -0.39 is 17.3 Å². The Morgan fingerprint density at radius 1 is 1.20 bits per heavy atom. The molecule has 3 aromatic rings. The molecule has 0 bridgehead atoms. The molecule has 0 radical (unpaired) electrons. The van der Waals surface area contributed by atoms with Crippen molar-refractivity contribution in [3.8, 4) is 6.07 Å². The molecule has 5 nitrogen and oxygen atoms in total. The summed E-state index contributed by atoms with van der Waals surface area (Å²) >= 11 is 0. The largest absolute Gasteiger partial charge is 0.418 e. The third-order valence-corrected chi connectivity index (χ3v) is 4.38. The van der Waals surface area contributed by atoms with Crippen LogP contribution in [0.15, 0.2) is 30.3 Å². The summed E-state index contributed by atoms with van der Waals surface area (Å²) in [5.74, 6) is 0.405. The van der Waals surface area contributed by atoms with Gasteiger partial charge in [0.2, 0.25) is 5.82 Å². The highest BCUT2D eigenvalue weighted by atomic mass is 19.4. The number of nitrogens with zero attached hydrogens (tertiary/aromatic N) is 3. The smallest absolute Gasteiger partial charge is 0.375 e. The van der Waals surface area contributed by atoms with E-state index in [4.69, 9.17) is 4.74 Å². The number of pyridine rings is 1. The molecule has 3 heterocycles. The summed E-state index contributed by atoms with van der Waals surface area (Å²) in [4.78, 5) is 4.83. The molecule has 25 heavy (non-hydrogen) atoms. The van der Waals surface area contributed by atoms with Crippen LogP contribution in [-0.2, 0) is 10.9 Å². The molecule has 1 fully saturated rings. The number of aromatic nitrogens is 2. The predicted molar refractivity (Wildman–Crippen MR) is 84.2 cm³/mol. The molecule has 0 amide bonds. The van der Waals surface area contributed by atoms with Gasteiger partial charge in [0.05, 0.1) is 31.9 Å². The first-order chi connectivity index (χ1) is 12.0. The molecule has 0 saturated carbocycles. The molecule has 1 aliphatic rings. The van der Waals surface area contributed by atoms with E-state index in [1.807, 2.05) is 17.0 Å². The fourth-order valence-electron chi connectivity index (χ4n) is 3.25. The number of rotatable bonds is 1. The lowest BCUT2D eigenvalue weighted by Gasteiger charge is -2.25. The summed E-state index contributed by atoms with van der Waals surface area (Å²) in [6.45, 7) is 1.88. The van der Waals surface area contributed by atoms with Gasteiger partial charge < -0.3 is 4.74 Å². The van der Waals surface area contributed by atoms with E-state index in [0.717, 1.165) is 11.6 Å². The summed E-state index contributed by atoms with van der Waals surface area (Å²) in [5, 5.41) is 9.39. The first kappa shape index (κ1) is 15.7. The van der Waals surface area contributed by atoms with Crippen molar-refractivity contribution in [1.82, 2.24) is 4.98 Å². The molecule has 2 aromatic heterocycles. The standard InChI is InChI=1S/C17H13F3N4O/c18-17(19,20)12-9-15(23-5-7-25-8-6-23)24-14-4-2-1-3-13(14)22-16(24)11(12)10-21/h1-4,9H,5-8H2/p+1. The number of hydrogen-bond donors (Lipinski definition) is 1. The molecule has 8 heteroatoms. The second-order valence-corrected chi connectivity index (χ2v) is 5.83. The summed E-state index contributed by atoms with van der Waals surface area (Å²) < 4.78 is 47.6. The van der Waals surface area contributed by atoms with E-state index in [1.54, 1.807) is 22.6 Å². The number of hydrogen-bond acceptors (Lipinski definition) is 3. The van der Waals surface area contributed by atoms with Crippen LogP contribution in [0.25, 0.3) is 16.7 Å². The highest BCUT2D eigenvalue weighted by Crippen LogP contribution is 2.35. The molecule has 1 aromatic carbocycles. The highest BCUT2D eigenvalue weighted by Gasteiger charge is 2.39. The van der Waals surface area contributed by atoms with Gasteiger partial charge in [0.1, 0.15) is 22.7 Å². The van der Waals surface area contributed by atoms with Crippen LogP contribution in [0.5, 0.6) is 0 Å². The lowest BCUT2D eigenvalue weighted by atomic mass is 10.1. The third-order valence-electron chi connectivity index (χ3n) is 4.38. The number of H-pyrrole nitrogens is 1. The average Bonchev–Trinajstić information content (AvgIpc) is 3.00. The summed E-state index contributed by atoms with van der Waals surface area (Å²) in [5.41, 5.74) is 0.223. The maximum atomic E-state index is 13.5. The van der Waals surface area contributed by atoms with Crippen molar-refractivity contribution in [2.24, 2.45) is 0 Å². The van der Waals surface area contributed by atoms with Gasteiger partial charge in [0.25, 0.3) is 5.65 Å². The van der Waals surface area contributed by atoms with Crippen LogP contribution in [0, 0.1) is 11.3 Å². The lowest BCUT2D eigenvalue weighted by molar-refractivity contribution is -0.468. The summed E-state index contributed by atoms with van der Waals surface area (Å²) in [6, 6.07) is 9.99. The quantitative estimate of drug-likeness (QED) is 0.689. The van der Waals surface area contributed by atoms with Crippen molar-refractivity contribution in [3.05, 3.63) is 41.5 Å². The zero-order chi connectivity index (χ0) is 17.6. The fourth-order valence-corrected chi connectivity index (χ4v) is 3.25. The molecule has 128 valence electrons. The molecule has 0 spiro atoms. The van der Waals surface area contributed by atoms with E-state index in [1.165, 1.54) is 0 Å². The number of halogens is 3. The van der Waals surface area contributed by atoms with Gasteiger partial charge in [-0.2, -0.15) is 22.8 Å². The third kappa shape index (κ3) is 2.48. The molecule has 1 saturated heterocycles. The molecule has 1 aliphatic heterocycles. The number of aromatic amines is 1. The number of alkyl halides is 3. The van der Waals surface area contributed by atoms with Gasteiger partial charge >= 0.3 is 6.18 Å². The number of nitrogens with one attached hydrogen (secondary N) is 1. The fraction of sp³-hybridized carbons (Fsp3) is 0.294. The monoisotopic (exact) mass is 347 g/mol. The minimum atomic E-state index is -4.61. The van der Waals surface area contributed by atoms with Crippen molar-refractivity contribution in [1.29, 1.82) is 5.26 Å². The van der Waals surface area contributed by atoms with Crippen LogP contribution in [-0.4, -0.2) is 31.3 Å². The van der Waals surface area contributed by atoms with Crippen molar-refractivity contribution in [3.63, 3.8) is 0 Å². The Labute approximate surface area is 140 Å². The first-order valence-electron chi connectivity index (χ1n) is 7.80. The Balaban J connectivity index is 2.12. The molecular formula is C17H14F3N4O+. The van der Waals surface area contributed by atoms with E-state index >= 15 is 0 Å². The van der Waals surface area contributed by atoms with E-state index in [0.29, 0.717) is 37.6 Å². The summed E-state index contributed by atoms with van der Waals surface area (Å²) in [7, 11) is 0. The van der Waals surface area contributed by atoms with E-state index in [-0.39, 0.29) is 5.65 Å². The van der Waals surface area contributed by atoms with Gasteiger partial charge in [-0.15, -0.1) is 0 Å². The van der Waals surface area contributed by atoms with Crippen molar-refractivity contribution in [2.75, 3.05) is 31.2 Å². The van der Waals surface area contributed by atoms with Crippen LogP contribution in [0.3, 0.4) is 0 Å². The topological polar surface area (TPSA) is 56.2 Å². The minimum Gasteiger partial charge on any atom is -0.375 e. The molecule has 0 unspecified atom stereocenters. The van der Waals surface area contributed by atoms with Crippen molar-refractivity contribution in [2.45, 2.75) is 6.18 Å². The van der Waals surface area contributed by atoms with Crippen LogP contribution in [0.1, 0.15) is 11.1 Å². The lowest BCUT2D eigenvalue weighted by Crippen LogP contribution is -2.43. The normalized spacial score (nSPS) is 15.7. The zero-order valence-corrected chi connectivity index (χ0v) is 13.1. The van der Waals surface area contributed by atoms with Crippen LogP contribution >= 0.6 is 0 Å². The second-order valence-electron chi connectivity index (χ2n) is 5.83. The first-order valence-corrected chi connectivity index (χ1v) is 7.80. The van der Waals surface area contributed by atoms with Crippen LogP contribution < -0.4 is 9.30 Å². The molecule has 4 rings (SSSR count). The molecule has 1 N–H and O–H groups in total. The van der Waals surface area contributed by atoms with E-state index in [2.05, 4.69) is 4.98 Å². The average molecular weight is 347 g/mol. The van der Waals surface area contributed by atoms with E-state index in [9.17, 15) is 18.4 Å². The number of nitriles is 1. The SMILES string of the molecule is N#Cc1c(C(F)(F)F)cc(N2CCOCC2)[n+]2c1[nH]c1ccccc12. The Hall–Kier alpha value is -2.79. The Kier molecular flexibility index (Phi) is 3.54. The van der Waals surface area contributed by atoms with Gasteiger partial charge in [-0.1, -0.05) is 12.1 Å². The zero-order valence-electron chi connectivity index (χ0n) is 13.1. The van der Waals surface area contributed by atoms with Gasteiger partial charge in [0.15, 0.2) is 0 Å². The van der Waals surface area contributed by atoms with Gasteiger partial charge in [-0.25, -0.2) is 0 Å². The Bertz CT molecular complexity index is 997. The minimum absolute atomic E-state index is 0.153. The van der Waals surface area contributed by atoms with Crippen LogP contribution in [0.4, 0.5) is 19.0 Å². The summed E-state index contributed by atoms with van der Waals surface area (Å²) in [6.07, 6.45) is -4.61. The molecule has 0 aliphatic carbocycles. The van der Waals surface area contributed by atoms with Gasteiger partial charge in [-0.3, -0.25) is 9.88 Å². The molecule has 0 atom stereocenters. The number of ether oxygens (including phenoxy) is 1. The van der Waals surface area contributed by atoms with Gasteiger partial charge in [-0.05, 0) is 12.1 Å². The van der Waals surface area contributed by atoms with Crippen LogP contribution in [0.2, 0.25) is 0 Å². The number of morpholine rings is 1. The maximum Gasteiger partial charge on any atom is 0.418 e. The van der Waals surface area contributed by atoms with Crippen molar-refractivity contribution >= 4 is 22.5 Å². The van der Waals surface area contributed by atoms with Crippen molar-refractivity contribution < 1.29 is 22.3 Å². The van der Waals surface area contributed by atoms with Gasteiger partial charge in [0, 0.05) is 6.07 Å². The number of para-hydroxylation sites is 2. The Morgan fingerprint density at radius 2 is 1.92 bits per heavy atom. The second kappa shape index (κ2) is 5.63. The predicted octanol–water partition coefficient (Wildman–Crippen LogP) is 2.63. The number of fused-ring (bicyclic) bond motifs is 3. The number of imidazole rings is 1. The number of anilines is 1. The maximum absolute atomic E-state index is 13.5. The Morgan fingerprint density at radius 3 is 2.60 bits per heavy atom. The highest BCUT2D eigenvalue weighted by molar-refractivity contribution is 5.77. The molecular weight excluding hydrogens is 333 g/mol.